The van der Waals surface area contributed by atoms with Gasteiger partial charge in [-0.3, -0.25) is 0 Å². The van der Waals surface area contributed by atoms with Crippen LogP contribution in [-0.4, -0.2) is 14.7 Å². The zero-order chi connectivity index (χ0) is 10.8. The molecule has 78 valence electrons. The Labute approximate surface area is 83.8 Å². The zero-order valence-electron chi connectivity index (χ0n) is 8.03. The lowest BCUT2D eigenvalue weighted by Gasteiger charge is -2.08. The van der Waals surface area contributed by atoms with Gasteiger partial charge >= 0.3 is 0 Å². The molecule has 0 saturated carbocycles. The first-order valence-electron chi connectivity index (χ1n) is 4.18. The van der Waals surface area contributed by atoms with Crippen molar-refractivity contribution in [3.05, 3.63) is 29.3 Å². The Hall–Kier alpha value is -1.07. The molecular weight excluding hydrogens is 200 g/mol. The average Bonchev–Trinajstić information content (AvgIpc) is 2.06. The van der Waals surface area contributed by atoms with Gasteiger partial charge in [-0.05, 0) is 11.1 Å². The fraction of sp³-hybridized carbons (Fsp3) is 0.333. The van der Waals surface area contributed by atoms with Gasteiger partial charge in [-0.2, -0.15) is 0 Å². The standard InChI is InChI=1S/C9H14N2O2S/c1-14(12,13)6-8-4-2-3-7(5-10)9(8)11/h2-4H,5-6,10-11H2,1H3. The third-order valence-corrected chi connectivity index (χ3v) is 2.76. The topological polar surface area (TPSA) is 86.2 Å². The van der Waals surface area contributed by atoms with Gasteiger partial charge in [0.15, 0.2) is 9.84 Å². The minimum Gasteiger partial charge on any atom is -0.398 e. The van der Waals surface area contributed by atoms with Crippen LogP contribution >= 0.6 is 0 Å². The van der Waals surface area contributed by atoms with E-state index >= 15 is 0 Å². The number of anilines is 1. The second-order valence-corrected chi connectivity index (χ2v) is 5.40. The highest BCUT2D eigenvalue weighted by Gasteiger charge is 2.09. The number of para-hydroxylation sites is 1. The van der Waals surface area contributed by atoms with Crippen molar-refractivity contribution >= 4 is 15.5 Å². The van der Waals surface area contributed by atoms with Crippen molar-refractivity contribution < 1.29 is 8.42 Å². The molecule has 1 aromatic rings. The van der Waals surface area contributed by atoms with Crippen LogP contribution in [0.3, 0.4) is 0 Å². The lowest BCUT2D eigenvalue weighted by atomic mass is 10.1. The van der Waals surface area contributed by atoms with E-state index in [1.54, 1.807) is 18.2 Å². The summed E-state index contributed by atoms with van der Waals surface area (Å²) in [6, 6.07) is 5.26. The predicted octanol–water partition coefficient (Wildman–Crippen LogP) is 0.272. The lowest BCUT2D eigenvalue weighted by Crippen LogP contribution is -2.08. The molecule has 0 heterocycles. The van der Waals surface area contributed by atoms with Crippen LogP contribution in [-0.2, 0) is 22.1 Å². The fourth-order valence-electron chi connectivity index (χ4n) is 1.25. The Morgan fingerprint density at radius 1 is 1.29 bits per heavy atom. The minimum atomic E-state index is -3.05. The highest BCUT2D eigenvalue weighted by Crippen LogP contribution is 2.18. The van der Waals surface area contributed by atoms with Gasteiger partial charge < -0.3 is 11.5 Å². The molecule has 5 heteroatoms. The molecule has 0 aromatic heterocycles. The summed E-state index contributed by atoms with van der Waals surface area (Å²) in [4.78, 5) is 0. The van der Waals surface area contributed by atoms with E-state index in [1.807, 2.05) is 0 Å². The molecule has 0 amide bonds. The van der Waals surface area contributed by atoms with Crippen molar-refractivity contribution in [2.75, 3.05) is 12.0 Å². The average molecular weight is 214 g/mol. The molecular formula is C9H14N2O2S. The van der Waals surface area contributed by atoms with Crippen molar-refractivity contribution in [3.63, 3.8) is 0 Å². The maximum atomic E-state index is 11.1. The van der Waals surface area contributed by atoms with E-state index in [9.17, 15) is 8.42 Å². The van der Waals surface area contributed by atoms with Crippen LogP contribution in [0.2, 0.25) is 0 Å². The summed E-state index contributed by atoms with van der Waals surface area (Å²) in [5.74, 6) is -0.0350. The van der Waals surface area contributed by atoms with Crippen molar-refractivity contribution in [3.8, 4) is 0 Å². The zero-order valence-corrected chi connectivity index (χ0v) is 8.84. The highest BCUT2D eigenvalue weighted by atomic mass is 32.2. The molecule has 0 bridgehead atoms. The van der Waals surface area contributed by atoms with E-state index < -0.39 is 9.84 Å². The normalized spacial score (nSPS) is 11.6. The minimum absolute atomic E-state index is 0.0350. The molecule has 0 spiro atoms. The second-order valence-electron chi connectivity index (χ2n) is 3.26. The molecule has 4 nitrogen and oxygen atoms in total. The first kappa shape index (κ1) is 11.0. The van der Waals surface area contributed by atoms with E-state index in [1.165, 1.54) is 6.26 Å². The van der Waals surface area contributed by atoms with Gasteiger partial charge in [0, 0.05) is 18.5 Å². The molecule has 0 fully saturated rings. The number of rotatable bonds is 3. The quantitative estimate of drug-likeness (QED) is 0.707. The number of nitrogen functional groups attached to an aromatic ring is 1. The third kappa shape index (κ3) is 2.71. The summed E-state index contributed by atoms with van der Waals surface area (Å²) in [6.45, 7) is 0.323. The van der Waals surface area contributed by atoms with E-state index in [4.69, 9.17) is 11.5 Å². The van der Waals surface area contributed by atoms with Gasteiger partial charge in [-0.25, -0.2) is 8.42 Å². The summed E-state index contributed by atoms with van der Waals surface area (Å²) in [6.07, 6.45) is 1.18. The maximum absolute atomic E-state index is 11.1. The van der Waals surface area contributed by atoms with Crippen molar-refractivity contribution in [2.45, 2.75) is 12.3 Å². The summed E-state index contributed by atoms with van der Waals surface area (Å²) in [5.41, 5.74) is 13.1. The van der Waals surface area contributed by atoms with Gasteiger partial charge in [0.25, 0.3) is 0 Å². The maximum Gasteiger partial charge on any atom is 0.151 e. The van der Waals surface area contributed by atoms with Crippen LogP contribution in [0.4, 0.5) is 5.69 Å². The molecule has 1 aromatic carbocycles. The van der Waals surface area contributed by atoms with E-state index in [0.717, 1.165) is 5.56 Å². The largest absolute Gasteiger partial charge is 0.398 e. The summed E-state index contributed by atoms with van der Waals surface area (Å²) >= 11 is 0. The summed E-state index contributed by atoms with van der Waals surface area (Å²) < 4.78 is 22.1. The van der Waals surface area contributed by atoms with Crippen LogP contribution in [0.1, 0.15) is 11.1 Å². The second kappa shape index (κ2) is 3.98. The predicted molar refractivity (Wildman–Crippen MR) is 57.3 cm³/mol. The van der Waals surface area contributed by atoms with E-state index in [0.29, 0.717) is 17.8 Å². The Bertz CT molecular complexity index is 426. The SMILES string of the molecule is CS(=O)(=O)Cc1cccc(CN)c1N. The summed E-state index contributed by atoms with van der Waals surface area (Å²) in [7, 11) is -3.05. The molecule has 4 N–H and O–H groups in total. The van der Waals surface area contributed by atoms with Crippen LogP contribution in [0.5, 0.6) is 0 Å². The highest BCUT2D eigenvalue weighted by molar-refractivity contribution is 7.89. The van der Waals surface area contributed by atoms with Crippen LogP contribution in [0.15, 0.2) is 18.2 Å². The Morgan fingerprint density at radius 2 is 1.86 bits per heavy atom. The number of nitrogens with two attached hydrogens (primary N) is 2. The van der Waals surface area contributed by atoms with Gasteiger partial charge in [0.1, 0.15) is 0 Å². The smallest absolute Gasteiger partial charge is 0.151 e. The molecule has 0 unspecified atom stereocenters. The van der Waals surface area contributed by atoms with Crippen LogP contribution in [0, 0.1) is 0 Å². The Morgan fingerprint density at radius 3 is 2.36 bits per heavy atom. The van der Waals surface area contributed by atoms with E-state index in [2.05, 4.69) is 0 Å². The molecule has 14 heavy (non-hydrogen) atoms. The van der Waals surface area contributed by atoms with Gasteiger partial charge in [-0.15, -0.1) is 0 Å². The third-order valence-electron chi connectivity index (χ3n) is 1.92. The molecule has 0 radical (unpaired) electrons. The van der Waals surface area contributed by atoms with Gasteiger partial charge in [0.2, 0.25) is 0 Å². The molecule has 0 aliphatic heterocycles. The molecule has 1 rings (SSSR count). The van der Waals surface area contributed by atoms with Crippen LogP contribution in [0.25, 0.3) is 0 Å². The molecule has 0 aliphatic rings. The molecule has 0 aliphatic carbocycles. The van der Waals surface area contributed by atoms with Crippen molar-refractivity contribution in [1.82, 2.24) is 0 Å². The molecule has 0 atom stereocenters. The molecule has 0 saturated heterocycles. The fourth-order valence-corrected chi connectivity index (χ4v) is 2.07. The number of sulfone groups is 1. The Kier molecular flexibility index (Phi) is 3.13. The van der Waals surface area contributed by atoms with Crippen LogP contribution < -0.4 is 11.5 Å². The summed E-state index contributed by atoms with van der Waals surface area (Å²) in [5, 5.41) is 0. The first-order chi connectivity index (χ1) is 6.44. The Balaban J connectivity index is 3.10. The van der Waals surface area contributed by atoms with Gasteiger partial charge in [0.05, 0.1) is 5.75 Å². The first-order valence-corrected chi connectivity index (χ1v) is 6.24. The number of hydrogen-bond acceptors (Lipinski definition) is 4. The number of benzene rings is 1. The monoisotopic (exact) mass is 214 g/mol. The van der Waals surface area contributed by atoms with E-state index in [-0.39, 0.29) is 5.75 Å². The lowest BCUT2D eigenvalue weighted by molar-refractivity contribution is 0.601. The van der Waals surface area contributed by atoms with Crippen molar-refractivity contribution in [2.24, 2.45) is 5.73 Å². The number of hydrogen-bond donors (Lipinski definition) is 2. The van der Waals surface area contributed by atoms with Crippen molar-refractivity contribution in [1.29, 1.82) is 0 Å². The van der Waals surface area contributed by atoms with Gasteiger partial charge in [-0.1, -0.05) is 18.2 Å².